The number of ether oxygens (including phenoxy) is 4. The summed E-state index contributed by atoms with van der Waals surface area (Å²) in [5, 5.41) is 0.745. The topological polar surface area (TPSA) is 67.1 Å². The molecule has 2 aromatic carbocycles. The van der Waals surface area contributed by atoms with Gasteiger partial charge in [-0.05, 0) is 41.5 Å². The fourth-order valence-corrected chi connectivity index (χ4v) is 2.78. The van der Waals surface area contributed by atoms with E-state index >= 15 is 0 Å². The van der Waals surface area contributed by atoms with E-state index in [1.54, 1.807) is 39.7 Å². The largest absolute Gasteiger partial charge is 0.493 e. The molecule has 0 aliphatic heterocycles. The van der Waals surface area contributed by atoms with Crippen molar-refractivity contribution in [3.8, 4) is 23.0 Å². The third-order valence-electron chi connectivity index (χ3n) is 3.97. The van der Waals surface area contributed by atoms with Crippen LogP contribution < -0.4 is 18.9 Å². The predicted octanol–water partition coefficient (Wildman–Crippen LogP) is 4.55. The highest BCUT2D eigenvalue weighted by molar-refractivity contribution is 5.89. The Labute approximate surface area is 156 Å². The number of methoxy groups -OCH3 is 3. The van der Waals surface area contributed by atoms with Crippen molar-refractivity contribution < 1.29 is 28.2 Å². The van der Waals surface area contributed by atoms with Gasteiger partial charge in [-0.15, -0.1) is 0 Å². The van der Waals surface area contributed by atoms with Gasteiger partial charge in [0.1, 0.15) is 11.3 Å². The number of fused-ring (bicyclic) bond motifs is 1. The second kappa shape index (κ2) is 7.86. The maximum atomic E-state index is 11.4. The van der Waals surface area contributed by atoms with E-state index in [1.165, 1.54) is 6.92 Å². The van der Waals surface area contributed by atoms with E-state index in [4.69, 9.17) is 23.4 Å². The minimum atomic E-state index is -0.386. The second-order valence-corrected chi connectivity index (χ2v) is 5.74. The van der Waals surface area contributed by atoms with Crippen LogP contribution in [-0.2, 0) is 4.79 Å². The predicted molar refractivity (Wildman–Crippen MR) is 103 cm³/mol. The lowest BCUT2D eigenvalue weighted by Gasteiger charge is -2.12. The third-order valence-corrected chi connectivity index (χ3v) is 3.97. The highest BCUT2D eigenvalue weighted by Crippen LogP contribution is 2.38. The van der Waals surface area contributed by atoms with E-state index in [1.807, 2.05) is 30.4 Å². The Bertz CT molecular complexity index is 974. The van der Waals surface area contributed by atoms with Gasteiger partial charge in [-0.2, -0.15) is 0 Å². The van der Waals surface area contributed by atoms with Crippen molar-refractivity contribution in [2.75, 3.05) is 21.3 Å². The molecule has 0 saturated carbocycles. The molecule has 0 aliphatic carbocycles. The van der Waals surface area contributed by atoms with Crippen molar-refractivity contribution in [3.63, 3.8) is 0 Å². The van der Waals surface area contributed by atoms with Crippen molar-refractivity contribution in [1.29, 1.82) is 0 Å². The number of carbonyl (C=O) groups excluding carboxylic acids is 1. The van der Waals surface area contributed by atoms with Gasteiger partial charge in [0.15, 0.2) is 11.5 Å². The highest BCUT2D eigenvalue weighted by Gasteiger charge is 2.12. The Hall–Kier alpha value is -3.41. The van der Waals surface area contributed by atoms with Gasteiger partial charge in [0.25, 0.3) is 0 Å². The first kappa shape index (κ1) is 18.4. The van der Waals surface area contributed by atoms with Crippen LogP contribution in [0.5, 0.6) is 23.0 Å². The van der Waals surface area contributed by atoms with Gasteiger partial charge in [-0.25, -0.2) is 0 Å². The molecule has 6 nitrogen and oxygen atoms in total. The number of carbonyl (C=O) groups is 1. The van der Waals surface area contributed by atoms with Crippen LogP contribution in [0.4, 0.5) is 0 Å². The molecular weight excluding hydrogens is 348 g/mol. The van der Waals surface area contributed by atoms with Crippen molar-refractivity contribution >= 4 is 29.1 Å². The average Bonchev–Trinajstić information content (AvgIpc) is 3.13. The molecule has 0 fully saturated rings. The van der Waals surface area contributed by atoms with E-state index in [2.05, 4.69) is 0 Å². The van der Waals surface area contributed by atoms with E-state index in [0.717, 1.165) is 16.5 Å². The van der Waals surface area contributed by atoms with Gasteiger partial charge in [0.05, 0.1) is 33.0 Å². The minimum absolute atomic E-state index is 0.386. The molecule has 0 aliphatic rings. The molecular formula is C21H20O6. The van der Waals surface area contributed by atoms with Crippen LogP contribution in [0.2, 0.25) is 0 Å². The van der Waals surface area contributed by atoms with Crippen molar-refractivity contribution in [3.05, 3.63) is 47.7 Å². The molecule has 0 atom stereocenters. The summed E-state index contributed by atoms with van der Waals surface area (Å²) in [4.78, 5) is 11.4. The van der Waals surface area contributed by atoms with Crippen LogP contribution in [0.15, 0.2) is 41.0 Å². The smallest absolute Gasteiger partial charge is 0.308 e. The molecule has 3 aromatic rings. The molecule has 0 unspecified atom stereocenters. The van der Waals surface area contributed by atoms with Gasteiger partial charge >= 0.3 is 5.97 Å². The number of hydrogen-bond donors (Lipinski definition) is 0. The zero-order chi connectivity index (χ0) is 19.4. The lowest BCUT2D eigenvalue weighted by molar-refractivity contribution is -0.131. The maximum Gasteiger partial charge on any atom is 0.308 e. The summed E-state index contributed by atoms with van der Waals surface area (Å²) >= 11 is 0. The maximum absolute atomic E-state index is 11.4. The molecule has 140 valence electrons. The van der Waals surface area contributed by atoms with E-state index in [9.17, 15) is 4.79 Å². The quantitative estimate of drug-likeness (QED) is 0.361. The molecule has 1 aromatic heterocycles. The van der Waals surface area contributed by atoms with E-state index in [-0.39, 0.29) is 5.97 Å². The van der Waals surface area contributed by atoms with Crippen molar-refractivity contribution in [2.24, 2.45) is 0 Å². The summed E-state index contributed by atoms with van der Waals surface area (Å²) in [5.41, 5.74) is 2.32. The summed E-state index contributed by atoms with van der Waals surface area (Å²) in [5.74, 6) is 1.74. The number of furan rings is 1. The van der Waals surface area contributed by atoms with E-state index < -0.39 is 0 Å². The molecule has 0 amide bonds. The lowest BCUT2D eigenvalue weighted by atomic mass is 10.1. The van der Waals surface area contributed by atoms with Gasteiger partial charge in [-0.1, -0.05) is 12.2 Å². The Morgan fingerprint density at radius 1 is 0.889 bits per heavy atom. The zero-order valence-corrected chi connectivity index (χ0v) is 15.6. The molecule has 3 rings (SSSR count). The molecule has 6 heteroatoms. The first-order chi connectivity index (χ1) is 13.0. The van der Waals surface area contributed by atoms with Crippen LogP contribution in [0, 0.1) is 0 Å². The monoisotopic (exact) mass is 368 g/mol. The first-order valence-corrected chi connectivity index (χ1v) is 8.23. The van der Waals surface area contributed by atoms with Crippen molar-refractivity contribution in [1.82, 2.24) is 0 Å². The Kier molecular flexibility index (Phi) is 5.35. The molecule has 0 bridgehead atoms. The standard InChI is InChI=1S/C21H20O6/c1-13(22)27-18-10-14(9-17-16(18)7-8-26-17)5-6-15-11-19(23-2)21(25-4)20(12-15)24-3/h5-12H,1-4H3/b6-5+. The molecule has 0 saturated heterocycles. The van der Waals surface area contributed by atoms with Crippen LogP contribution in [0.3, 0.4) is 0 Å². The Balaban J connectivity index is 1.99. The first-order valence-electron chi connectivity index (χ1n) is 8.23. The Morgan fingerprint density at radius 2 is 1.48 bits per heavy atom. The molecule has 27 heavy (non-hydrogen) atoms. The van der Waals surface area contributed by atoms with Gasteiger partial charge in [-0.3, -0.25) is 4.79 Å². The summed E-state index contributed by atoms with van der Waals surface area (Å²) in [6.45, 7) is 1.37. The van der Waals surface area contributed by atoms with Crippen LogP contribution in [0.25, 0.3) is 23.1 Å². The fraction of sp³-hybridized carbons (Fsp3) is 0.190. The molecule has 0 spiro atoms. The third kappa shape index (κ3) is 3.89. The molecule has 0 radical (unpaired) electrons. The average molecular weight is 368 g/mol. The number of hydrogen-bond acceptors (Lipinski definition) is 6. The number of rotatable bonds is 6. The lowest BCUT2D eigenvalue weighted by Crippen LogP contribution is -2.01. The zero-order valence-electron chi connectivity index (χ0n) is 15.6. The molecule has 0 N–H and O–H groups in total. The van der Waals surface area contributed by atoms with Crippen molar-refractivity contribution in [2.45, 2.75) is 6.92 Å². The highest BCUT2D eigenvalue weighted by atomic mass is 16.5. The molecule has 1 heterocycles. The van der Waals surface area contributed by atoms with Crippen LogP contribution >= 0.6 is 0 Å². The van der Waals surface area contributed by atoms with Gasteiger partial charge < -0.3 is 23.4 Å². The fourth-order valence-electron chi connectivity index (χ4n) is 2.78. The normalized spacial score (nSPS) is 11.0. The van der Waals surface area contributed by atoms with Crippen LogP contribution in [0.1, 0.15) is 18.1 Å². The van der Waals surface area contributed by atoms with Crippen LogP contribution in [-0.4, -0.2) is 27.3 Å². The van der Waals surface area contributed by atoms with Gasteiger partial charge in [0.2, 0.25) is 5.75 Å². The number of esters is 1. The summed E-state index contributed by atoms with van der Waals surface area (Å²) in [7, 11) is 4.70. The summed E-state index contributed by atoms with van der Waals surface area (Å²) < 4.78 is 26.8. The van der Waals surface area contributed by atoms with E-state index in [0.29, 0.717) is 28.6 Å². The minimum Gasteiger partial charge on any atom is -0.493 e. The van der Waals surface area contributed by atoms with Gasteiger partial charge in [0, 0.05) is 6.92 Å². The summed E-state index contributed by atoms with van der Waals surface area (Å²) in [6.07, 6.45) is 5.34. The second-order valence-electron chi connectivity index (χ2n) is 5.74. The number of benzene rings is 2. The summed E-state index contributed by atoms with van der Waals surface area (Å²) in [6, 6.07) is 9.11. The SMILES string of the molecule is COc1cc(/C=C/c2cc(OC(C)=O)c3ccoc3c2)cc(OC)c1OC. The Morgan fingerprint density at radius 3 is 2.04 bits per heavy atom.